The summed E-state index contributed by atoms with van der Waals surface area (Å²) in [6, 6.07) is 17.3. The van der Waals surface area contributed by atoms with E-state index in [4.69, 9.17) is 11.6 Å². The van der Waals surface area contributed by atoms with E-state index in [0.717, 1.165) is 24.0 Å². The predicted molar refractivity (Wildman–Crippen MR) is 103 cm³/mol. The minimum absolute atomic E-state index is 0.816. The average molecular weight is 342 g/mol. The number of benzene rings is 2. The highest BCUT2D eigenvalue weighted by molar-refractivity contribution is 6.30. The lowest BCUT2D eigenvalue weighted by molar-refractivity contribution is 0.187. The number of halogens is 1. The zero-order valence-electron chi connectivity index (χ0n) is 14.7. The van der Waals surface area contributed by atoms with Crippen molar-refractivity contribution in [2.24, 2.45) is 5.92 Å². The lowest BCUT2D eigenvalue weighted by Crippen LogP contribution is -2.30. The number of rotatable bonds is 6. The molecular weight excluding hydrogens is 314 g/mol. The summed E-state index contributed by atoms with van der Waals surface area (Å²) >= 11 is 6.03. The van der Waals surface area contributed by atoms with Gasteiger partial charge in [0.1, 0.15) is 0 Å². The fraction of sp³-hybridized carbons (Fsp3) is 0.455. The zero-order chi connectivity index (χ0) is 16.8. The van der Waals surface area contributed by atoms with Crippen molar-refractivity contribution in [3.63, 3.8) is 0 Å². The van der Waals surface area contributed by atoms with Crippen LogP contribution in [0.15, 0.2) is 48.5 Å². The number of hydrogen-bond donors (Lipinski definition) is 0. The fourth-order valence-corrected chi connectivity index (χ4v) is 3.85. The van der Waals surface area contributed by atoms with Gasteiger partial charge in [-0.25, -0.2) is 0 Å². The Morgan fingerprint density at radius 1 is 0.833 bits per heavy atom. The smallest absolute Gasteiger partial charge is 0.0406 e. The Hall–Kier alpha value is -1.31. The van der Waals surface area contributed by atoms with Crippen molar-refractivity contribution in [3.05, 3.63) is 70.2 Å². The molecule has 2 aromatic carbocycles. The molecule has 1 saturated carbocycles. The molecule has 1 aliphatic carbocycles. The van der Waals surface area contributed by atoms with E-state index in [1.165, 1.54) is 55.3 Å². The van der Waals surface area contributed by atoms with Gasteiger partial charge in [-0.15, -0.1) is 0 Å². The van der Waals surface area contributed by atoms with Gasteiger partial charge in [-0.05, 0) is 48.9 Å². The normalized spacial score (nSPS) is 15.8. The topological polar surface area (TPSA) is 3.24 Å². The maximum absolute atomic E-state index is 6.03. The van der Waals surface area contributed by atoms with Gasteiger partial charge in [0, 0.05) is 24.7 Å². The van der Waals surface area contributed by atoms with Crippen LogP contribution in [0.3, 0.4) is 0 Å². The molecule has 0 saturated heterocycles. The molecule has 2 aromatic rings. The molecule has 0 aliphatic heterocycles. The Balaban J connectivity index is 1.69. The highest BCUT2D eigenvalue weighted by Gasteiger charge is 2.18. The van der Waals surface area contributed by atoms with Gasteiger partial charge < -0.3 is 0 Å². The van der Waals surface area contributed by atoms with Crippen LogP contribution in [0.5, 0.6) is 0 Å². The molecule has 3 rings (SSSR count). The lowest BCUT2D eigenvalue weighted by Gasteiger charge is -2.30. The molecule has 0 aromatic heterocycles. The third kappa shape index (κ3) is 5.36. The Morgan fingerprint density at radius 3 is 1.96 bits per heavy atom. The van der Waals surface area contributed by atoms with Crippen molar-refractivity contribution >= 4 is 11.6 Å². The second-order valence-corrected chi connectivity index (χ2v) is 7.72. The van der Waals surface area contributed by atoms with Crippen LogP contribution >= 0.6 is 11.6 Å². The largest absolute Gasteiger partial charge is 0.295 e. The zero-order valence-corrected chi connectivity index (χ0v) is 15.4. The molecule has 0 heterocycles. The van der Waals surface area contributed by atoms with Crippen LogP contribution in [-0.4, -0.2) is 11.4 Å². The van der Waals surface area contributed by atoms with Gasteiger partial charge in [-0.1, -0.05) is 72.8 Å². The fourth-order valence-electron chi connectivity index (χ4n) is 3.72. The second-order valence-electron chi connectivity index (χ2n) is 7.29. The van der Waals surface area contributed by atoms with Crippen LogP contribution in [0.25, 0.3) is 0 Å². The molecule has 0 unspecified atom stereocenters. The highest BCUT2D eigenvalue weighted by Crippen LogP contribution is 2.26. The van der Waals surface area contributed by atoms with Crippen molar-refractivity contribution in [2.45, 2.75) is 52.1 Å². The van der Waals surface area contributed by atoms with Gasteiger partial charge in [-0.2, -0.15) is 0 Å². The molecule has 24 heavy (non-hydrogen) atoms. The van der Waals surface area contributed by atoms with Gasteiger partial charge in [0.05, 0.1) is 0 Å². The quantitative estimate of drug-likeness (QED) is 0.601. The number of aryl methyl sites for hydroxylation is 1. The summed E-state index contributed by atoms with van der Waals surface area (Å²) in [5.74, 6) is 0.858. The second kappa shape index (κ2) is 8.69. The van der Waals surface area contributed by atoms with Crippen LogP contribution in [0.2, 0.25) is 5.02 Å². The van der Waals surface area contributed by atoms with E-state index in [0.29, 0.717) is 0 Å². The van der Waals surface area contributed by atoms with E-state index >= 15 is 0 Å². The lowest BCUT2D eigenvalue weighted by atomic mass is 9.88. The van der Waals surface area contributed by atoms with Crippen LogP contribution in [-0.2, 0) is 13.1 Å². The number of hydrogen-bond acceptors (Lipinski definition) is 1. The van der Waals surface area contributed by atoms with Crippen molar-refractivity contribution in [3.8, 4) is 0 Å². The molecule has 1 nitrogen and oxygen atoms in total. The molecule has 0 N–H and O–H groups in total. The van der Waals surface area contributed by atoms with Crippen LogP contribution in [0.1, 0.15) is 48.8 Å². The third-order valence-electron chi connectivity index (χ3n) is 5.09. The molecule has 1 fully saturated rings. The van der Waals surface area contributed by atoms with E-state index in [2.05, 4.69) is 48.2 Å². The van der Waals surface area contributed by atoms with Gasteiger partial charge >= 0.3 is 0 Å². The van der Waals surface area contributed by atoms with Crippen molar-refractivity contribution in [1.29, 1.82) is 0 Å². The molecule has 0 radical (unpaired) electrons. The third-order valence-corrected chi connectivity index (χ3v) is 5.34. The molecule has 1 aliphatic rings. The molecule has 0 bridgehead atoms. The van der Waals surface area contributed by atoms with E-state index in [9.17, 15) is 0 Å². The van der Waals surface area contributed by atoms with Crippen LogP contribution in [0, 0.1) is 12.8 Å². The van der Waals surface area contributed by atoms with Gasteiger partial charge in [0.25, 0.3) is 0 Å². The van der Waals surface area contributed by atoms with E-state index in [1.54, 1.807) is 0 Å². The first-order valence-corrected chi connectivity index (χ1v) is 9.59. The maximum atomic E-state index is 6.03. The van der Waals surface area contributed by atoms with E-state index in [-0.39, 0.29) is 0 Å². The Morgan fingerprint density at radius 2 is 1.38 bits per heavy atom. The summed E-state index contributed by atoms with van der Waals surface area (Å²) < 4.78 is 0. The molecule has 128 valence electrons. The summed E-state index contributed by atoms with van der Waals surface area (Å²) in [4.78, 5) is 2.61. The first-order valence-electron chi connectivity index (χ1n) is 9.21. The highest BCUT2D eigenvalue weighted by atomic mass is 35.5. The monoisotopic (exact) mass is 341 g/mol. The van der Waals surface area contributed by atoms with Crippen molar-refractivity contribution < 1.29 is 0 Å². The van der Waals surface area contributed by atoms with Crippen LogP contribution < -0.4 is 0 Å². The minimum Gasteiger partial charge on any atom is -0.295 e. The first kappa shape index (κ1) is 17.5. The van der Waals surface area contributed by atoms with Gasteiger partial charge in [0.15, 0.2) is 0 Å². The molecular formula is C22H28ClN. The predicted octanol–water partition coefficient (Wildman–Crippen LogP) is 6.23. The average Bonchev–Trinajstić information content (AvgIpc) is 2.60. The van der Waals surface area contributed by atoms with Crippen LogP contribution in [0.4, 0.5) is 0 Å². The number of nitrogens with zero attached hydrogens (tertiary/aromatic N) is 1. The van der Waals surface area contributed by atoms with E-state index in [1.807, 2.05) is 12.1 Å². The maximum Gasteiger partial charge on any atom is 0.0406 e. The molecule has 0 amide bonds. The van der Waals surface area contributed by atoms with Gasteiger partial charge in [0.2, 0.25) is 0 Å². The summed E-state index contributed by atoms with van der Waals surface area (Å²) in [5.41, 5.74) is 4.09. The first-order chi connectivity index (χ1) is 11.7. The summed E-state index contributed by atoms with van der Waals surface area (Å²) in [5, 5.41) is 0.816. The van der Waals surface area contributed by atoms with E-state index < -0.39 is 0 Å². The summed E-state index contributed by atoms with van der Waals surface area (Å²) in [7, 11) is 0. The molecule has 2 heteroatoms. The Kier molecular flexibility index (Phi) is 6.34. The Bertz CT molecular complexity index is 564. The summed E-state index contributed by atoms with van der Waals surface area (Å²) in [6.07, 6.45) is 7.02. The standard InChI is InChI=1S/C22H28ClN/c1-18-7-9-20(10-8-18)16-24(15-19-5-3-2-4-6-19)17-21-11-13-22(23)14-12-21/h7-14,19H,2-6,15-17H2,1H3. The molecule has 0 spiro atoms. The van der Waals surface area contributed by atoms with Crippen molar-refractivity contribution in [2.75, 3.05) is 6.54 Å². The molecule has 0 atom stereocenters. The van der Waals surface area contributed by atoms with Crippen molar-refractivity contribution in [1.82, 2.24) is 4.90 Å². The Labute approximate surface area is 151 Å². The minimum atomic E-state index is 0.816. The van der Waals surface area contributed by atoms with Gasteiger partial charge in [-0.3, -0.25) is 4.90 Å². The summed E-state index contributed by atoms with van der Waals surface area (Å²) in [6.45, 7) is 5.38. The SMILES string of the molecule is Cc1ccc(CN(Cc2ccc(Cl)cc2)CC2CCCCC2)cc1.